The van der Waals surface area contributed by atoms with Gasteiger partial charge >= 0.3 is 0 Å². The highest BCUT2D eigenvalue weighted by molar-refractivity contribution is 7.18. The summed E-state index contributed by atoms with van der Waals surface area (Å²) in [4.78, 5) is 21.5. The Morgan fingerprint density at radius 3 is 2.81 bits per heavy atom. The van der Waals surface area contributed by atoms with E-state index >= 15 is 0 Å². The van der Waals surface area contributed by atoms with Crippen molar-refractivity contribution in [1.29, 1.82) is 0 Å². The fraction of sp³-hybridized carbons (Fsp3) is 0.714. The van der Waals surface area contributed by atoms with E-state index < -0.39 is 0 Å². The van der Waals surface area contributed by atoms with Gasteiger partial charge in [0.15, 0.2) is 5.13 Å². The molecule has 1 fully saturated rings. The first kappa shape index (κ1) is 16.0. The predicted octanol–water partition coefficient (Wildman–Crippen LogP) is 1.52. The molecule has 1 aromatic rings. The predicted molar refractivity (Wildman–Crippen MR) is 87.8 cm³/mol. The van der Waals surface area contributed by atoms with Crippen molar-refractivity contribution in [3.05, 3.63) is 4.88 Å². The fourth-order valence-corrected chi connectivity index (χ4v) is 3.51. The zero-order valence-corrected chi connectivity index (χ0v) is 13.8. The van der Waals surface area contributed by atoms with Crippen molar-refractivity contribution in [2.75, 3.05) is 30.3 Å². The van der Waals surface area contributed by atoms with Gasteiger partial charge in [0, 0.05) is 31.7 Å². The van der Waals surface area contributed by atoms with Gasteiger partial charge in [0.25, 0.3) is 5.91 Å². The summed E-state index contributed by atoms with van der Waals surface area (Å²) in [5, 5.41) is 0.809. The average molecular weight is 311 g/mol. The van der Waals surface area contributed by atoms with Crippen molar-refractivity contribution >= 4 is 28.2 Å². The number of aromatic nitrogens is 1. The third-order valence-electron chi connectivity index (χ3n) is 3.68. The lowest BCUT2D eigenvalue weighted by Crippen LogP contribution is -2.37. The number of thiazole rings is 1. The maximum atomic E-state index is 12.7. The molecule has 2 rings (SSSR count). The Kier molecular flexibility index (Phi) is 5.05. The lowest BCUT2D eigenvalue weighted by Gasteiger charge is -2.25. The van der Waals surface area contributed by atoms with Crippen LogP contribution in [0.5, 0.6) is 0 Å². The van der Waals surface area contributed by atoms with Gasteiger partial charge in [-0.05, 0) is 26.7 Å². The smallest absolute Gasteiger partial charge is 0.268 e. The summed E-state index contributed by atoms with van der Waals surface area (Å²) in [6, 6.07) is 0.337. The molecule has 0 saturated carbocycles. The van der Waals surface area contributed by atoms with Crippen LogP contribution in [0.1, 0.15) is 43.3 Å². The summed E-state index contributed by atoms with van der Waals surface area (Å²) in [5.41, 5.74) is 11.9. The molecule has 0 radical (unpaired) electrons. The van der Waals surface area contributed by atoms with Crippen molar-refractivity contribution in [3.63, 3.8) is 0 Å². The minimum Gasteiger partial charge on any atom is -0.382 e. The van der Waals surface area contributed by atoms with E-state index in [4.69, 9.17) is 11.5 Å². The molecular weight excluding hydrogens is 286 g/mol. The molecule has 118 valence electrons. The molecular formula is C14H25N5OS. The highest BCUT2D eigenvalue weighted by atomic mass is 32.1. The Morgan fingerprint density at radius 1 is 1.57 bits per heavy atom. The van der Waals surface area contributed by atoms with Crippen LogP contribution < -0.4 is 16.4 Å². The Hall–Kier alpha value is -1.34. The van der Waals surface area contributed by atoms with Crippen LogP contribution >= 0.6 is 11.3 Å². The second kappa shape index (κ2) is 6.62. The topological polar surface area (TPSA) is 88.5 Å². The van der Waals surface area contributed by atoms with Gasteiger partial charge in [0.2, 0.25) is 0 Å². The Bertz CT molecular complexity index is 502. The minimum absolute atomic E-state index is 0.0170. The van der Waals surface area contributed by atoms with Gasteiger partial charge in [-0.15, -0.1) is 0 Å². The van der Waals surface area contributed by atoms with Crippen LogP contribution in [0.3, 0.4) is 0 Å². The quantitative estimate of drug-likeness (QED) is 0.861. The molecule has 1 aromatic heterocycles. The van der Waals surface area contributed by atoms with E-state index in [-0.39, 0.29) is 18.0 Å². The SMILES string of the molecule is CCCN(C(=O)c1sc(N2CCC(N)C2)nc1N)C(C)C. The fourth-order valence-electron chi connectivity index (χ4n) is 2.54. The molecule has 0 spiro atoms. The van der Waals surface area contributed by atoms with Crippen molar-refractivity contribution < 1.29 is 4.79 Å². The van der Waals surface area contributed by atoms with Crippen LogP contribution in [0.25, 0.3) is 0 Å². The number of anilines is 2. The highest BCUT2D eigenvalue weighted by Gasteiger charge is 2.27. The number of nitrogens with two attached hydrogens (primary N) is 2. The third-order valence-corrected chi connectivity index (χ3v) is 4.80. The second-order valence-corrected chi connectivity index (χ2v) is 6.78. The van der Waals surface area contributed by atoms with E-state index in [2.05, 4.69) is 16.8 Å². The molecule has 0 bridgehead atoms. The van der Waals surface area contributed by atoms with Crippen molar-refractivity contribution in [1.82, 2.24) is 9.88 Å². The van der Waals surface area contributed by atoms with Gasteiger partial charge < -0.3 is 21.3 Å². The summed E-state index contributed by atoms with van der Waals surface area (Å²) in [6.07, 6.45) is 1.88. The van der Waals surface area contributed by atoms with E-state index in [1.165, 1.54) is 11.3 Å². The van der Waals surface area contributed by atoms with Crippen LogP contribution in [0, 0.1) is 0 Å². The number of rotatable bonds is 5. The minimum atomic E-state index is -0.0170. The van der Waals surface area contributed by atoms with Crippen LogP contribution in [0.2, 0.25) is 0 Å². The molecule has 1 saturated heterocycles. The first-order chi connectivity index (χ1) is 9.93. The van der Waals surface area contributed by atoms with Gasteiger partial charge in [-0.3, -0.25) is 4.79 Å². The van der Waals surface area contributed by atoms with E-state index in [0.717, 1.165) is 37.6 Å². The molecule has 1 aliphatic rings. The molecule has 21 heavy (non-hydrogen) atoms. The van der Waals surface area contributed by atoms with Crippen LogP contribution in [0.4, 0.5) is 10.9 Å². The second-order valence-electron chi connectivity index (χ2n) is 5.80. The number of carbonyl (C=O) groups is 1. The Balaban J connectivity index is 2.19. The number of nitrogen functional groups attached to an aromatic ring is 1. The standard InChI is InChI=1S/C14H25N5OS/c1-4-6-19(9(2)3)13(20)11-12(16)17-14(21-11)18-7-5-10(15)8-18/h9-10H,4-8,15-16H2,1-3H3. The molecule has 7 heteroatoms. The lowest BCUT2D eigenvalue weighted by molar-refractivity contribution is 0.0712. The molecule has 6 nitrogen and oxygen atoms in total. The van der Waals surface area contributed by atoms with Crippen molar-refractivity contribution in [2.45, 2.75) is 45.7 Å². The van der Waals surface area contributed by atoms with Gasteiger partial charge in [-0.2, -0.15) is 0 Å². The number of carbonyl (C=O) groups excluding carboxylic acids is 1. The number of hydrogen-bond donors (Lipinski definition) is 2. The number of amides is 1. The third kappa shape index (κ3) is 3.47. The maximum absolute atomic E-state index is 12.7. The van der Waals surface area contributed by atoms with E-state index in [1.54, 1.807) is 0 Å². The summed E-state index contributed by atoms with van der Waals surface area (Å²) >= 11 is 1.38. The van der Waals surface area contributed by atoms with E-state index in [1.807, 2.05) is 18.7 Å². The normalized spacial score (nSPS) is 18.5. The molecule has 2 heterocycles. The first-order valence-electron chi connectivity index (χ1n) is 7.51. The summed E-state index contributed by atoms with van der Waals surface area (Å²) in [5.74, 6) is 0.318. The molecule has 0 aromatic carbocycles. The molecule has 4 N–H and O–H groups in total. The Morgan fingerprint density at radius 2 is 2.29 bits per heavy atom. The highest BCUT2D eigenvalue weighted by Crippen LogP contribution is 2.31. The van der Waals surface area contributed by atoms with E-state index in [0.29, 0.717) is 10.7 Å². The van der Waals surface area contributed by atoms with Gasteiger partial charge in [0.1, 0.15) is 10.7 Å². The van der Waals surface area contributed by atoms with Gasteiger partial charge in [-0.1, -0.05) is 18.3 Å². The molecule has 1 atom stereocenters. The lowest BCUT2D eigenvalue weighted by atomic mass is 10.2. The first-order valence-corrected chi connectivity index (χ1v) is 8.33. The summed E-state index contributed by atoms with van der Waals surface area (Å²) in [6.45, 7) is 8.50. The maximum Gasteiger partial charge on any atom is 0.268 e. The largest absolute Gasteiger partial charge is 0.382 e. The van der Waals surface area contributed by atoms with Crippen molar-refractivity contribution in [3.8, 4) is 0 Å². The van der Waals surface area contributed by atoms with Gasteiger partial charge in [0.05, 0.1) is 0 Å². The molecule has 1 amide bonds. The summed E-state index contributed by atoms with van der Waals surface area (Å²) < 4.78 is 0. The van der Waals surface area contributed by atoms with Crippen LogP contribution in [-0.4, -0.2) is 47.5 Å². The van der Waals surface area contributed by atoms with E-state index in [9.17, 15) is 4.79 Å². The molecule has 0 aliphatic carbocycles. The van der Waals surface area contributed by atoms with Crippen LogP contribution in [-0.2, 0) is 0 Å². The number of hydrogen-bond acceptors (Lipinski definition) is 6. The monoisotopic (exact) mass is 311 g/mol. The number of nitrogens with zero attached hydrogens (tertiary/aromatic N) is 3. The molecule has 1 aliphatic heterocycles. The molecule has 1 unspecified atom stereocenters. The average Bonchev–Trinajstić information content (AvgIpc) is 3.01. The summed E-state index contributed by atoms with van der Waals surface area (Å²) in [7, 11) is 0. The zero-order chi connectivity index (χ0) is 15.6. The Labute approximate surface area is 130 Å². The zero-order valence-electron chi connectivity index (χ0n) is 13.0. The van der Waals surface area contributed by atoms with Gasteiger partial charge in [-0.25, -0.2) is 4.98 Å². The van der Waals surface area contributed by atoms with Crippen molar-refractivity contribution in [2.24, 2.45) is 5.73 Å². The van der Waals surface area contributed by atoms with Crippen LogP contribution in [0.15, 0.2) is 0 Å².